The highest BCUT2D eigenvalue weighted by Gasteiger charge is 1.95. The summed E-state index contributed by atoms with van der Waals surface area (Å²) >= 11 is 0. The summed E-state index contributed by atoms with van der Waals surface area (Å²) in [5, 5.41) is 0. The van der Waals surface area contributed by atoms with Crippen molar-refractivity contribution in [1.82, 2.24) is 4.72 Å². The number of hydrogen-bond acceptors (Lipinski definition) is 2. The van der Waals surface area contributed by atoms with Crippen LogP contribution in [0.2, 0.25) is 0 Å². The van der Waals surface area contributed by atoms with Crippen LogP contribution in [0.4, 0.5) is 4.39 Å². The third-order valence-corrected chi connectivity index (χ3v) is 0.893. The Balaban J connectivity index is 3.54. The Morgan fingerprint density at radius 3 is 2.38 bits per heavy atom. The minimum absolute atomic E-state index is 0.852. The fraction of sp³-hybridized carbons (Fsp3) is 0.333. The van der Waals surface area contributed by atoms with Crippen molar-refractivity contribution < 1.29 is 12.8 Å². The van der Waals surface area contributed by atoms with E-state index in [-0.39, 0.29) is 0 Å². The van der Waals surface area contributed by atoms with Gasteiger partial charge in [-0.25, -0.2) is 12.8 Å². The van der Waals surface area contributed by atoms with Crippen LogP contribution in [0.15, 0.2) is 12.7 Å². The normalized spacial score (nSPS) is 13.8. The van der Waals surface area contributed by atoms with E-state index in [0.29, 0.717) is 0 Å². The lowest BCUT2D eigenvalue weighted by Crippen LogP contribution is -2.19. The third-order valence-electron chi connectivity index (χ3n) is 0.436. The molecule has 5 heteroatoms. The first kappa shape index (κ1) is 7.58. The smallest absolute Gasteiger partial charge is 0.204 e. The van der Waals surface area contributed by atoms with Crippen LogP contribution in [0.5, 0.6) is 0 Å². The summed E-state index contributed by atoms with van der Waals surface area (Å²) in [5.41, 5.74) is 0. The standard InChI is InChI=1S/C3H6FNO2S/c1-2-3(4)5-8(6)7/h2-3,8H,1H2,(H,5,6,7). The quantitative estimate of drug-likeness (QED) is 0.317. The molecule has 0 aromatic heterocycles. The third kappa shape index (κ3) is 3.76. The Bertz CT molecular complexity index is 136. The SMILES string of the molecule is C=CC(F)N[SH](=O)=O. The number of thiol groups is 1. The molecule has 0 fully saturated rings. The van der Waals surface area contributed by atoms with Gasteiger partial charge in [0.2, 0.25) is 10.9 Å². The highest BCUT2D eigenvalue weighted by molar-refractivity contribution is 7.70. The van der Waals surface area contributed by atoms with Crippen LogP contribution in [0.3, 0.4) is 0 Å². The van der Waals surface area contributed by atoms with Crippen molar-refractivity contribution in [3.8, 4) is 0 Å². The predicted octanol–water partition coefficient (Wildman–Crippen LogP) is -0.416. The van der Waals surface area contributed by atoms with Gasteiger partial charge in [0, 0.05) is 0 Å². The minimum atomic E-state index is -2.84. The van der Waals surface area contributed by atoms with Crippen molar-refractivity contribution >= 4 is 10.9 Å². The number of halogens is 1. The minimum Gasteiger partial charge on any atom is -0.225 e. The lowest BCUT2D eigenvalue weighted by atomic mass is 10.6. The maximum absolute atomic E-state index is 11.8. The lowest BCUT2D eigenvalue weighted by Gasteiger charge is -1.93. The molecule has 0 rings (SSSR count). The molecule has 0 spiro atoms. The molecule has 0 saturated heterocycles. The number of hydrogen-bond donors (Lipinski definition) is 2. The van der Waals surface area contributed by atoms with E-state index in [1.165, 1.54) is 0 Å². The van der Waals surface area contributed by atoms with Gasteiger partial charge in [0.05, 0.1) is 0 Å². The Hall–Kier alpha value is -0.420. The summed E-state index contributed by atoms with van der Waals surface area (Å²) in [5.74, 6) is 0. The van der Waals surface area contributed by atoms with Crippen molar-refractivity contribution in [3.05, 3.63) is 12.7 Å². The predicted molar refractivity (Wildman–Crippen MR) is 28.5 cm³/mol. The molecule has 0 aliphatic heterocycles. The van der Waals surface area contributed by atoms with Crippen LogP contribution in [0.1, 0.15) is 0 Å². The van der Waals surface area contributed by atoms with Crippen LogP contribution in [0.25, 0.3) is 0 Å². The number of alkyl halides is 1. The van der Waals surface area contributed by atoms with Gasteiger partial charge in [-0.3, -0.25) is 0 Å². The molecule has 48 valence electrons. The lowest BCUT2D eigenvalue weighted by molar-refractivity contribution is 0.382. The first-order chi connectivity index (χ1) is 3.66. The molecule has 0 aliphatic carbocycles. The van der Waals surface area contributed by atoms with Crippen LogP contribution in [0, 0.1) is 0 Å². The van der Waals surface area contributed by atoms with Crippen molar-refractivity contribution in [2.24, 2.45) is 0 Å². The van der Waals surface area contributed by atoms with E-state index in [1.54, 1.807) is 4.72 Å². The highest BCUT2D eigenvalue weighted by atomic mass is 32.2. The number of nitrogens with one attached hydrogen (secondary N) is 1. The Morgan fingerprint density at radius 1 is 1.75 bits per heavy atom. The average molecular weight is 139 g/mol. The van der Waals surface area contributed by atoms with E-state index >= 15 is 0 Å². The molecule has 3 nitrogen and oxygen atoms in total. The molecule has 0 aromatic carbocycles. The highest BCUT2D eigenvalue weighted by Crippen LogP contribution is 1.82. The van der Waals surface area contributed by atoms with Gasteiger partial charge in [0.25, 0.3) is 0 Å². The maximum Gasteiger partial charge on any atom is 0.204 e. The molecule has 8 heavy (non-hydrogen) atoms. The van der Waals surface area contributed by atoms with E-state index in [9.17, 15) is 12.8 Å². The fourth-order valence-corrected chi connectivity index (χ4v) is 0.460. The first-order valence-electron chi connectivity index (χ1n) is 1.84. The van der Waals surface area contributed by atoms with Crippen LogP contribution < -0.4 is 4.72 Å². The molecular weight excluding hydrogens is 133 g/mol. The van der Waals surface area contributed by atoms with Gasteiger partial charge in [-0.2, -0.15) is 4.72 Å². The summed E-state index contributed by atoms with van der Waals surface area (Å²) in [6.45, 7) is 3.01. The molecule has 0 radical (unpaired) electrons. The van der Waals surface area contributed by atoms with E-state index < -0.39 is 17.2 Å². The summed E-state index contributed by atoms with van der Waals surface area (Å²) in [6.07, 6.45) is -0.804. The van der Waals surface area contributed by atoms with Crippen molar-refractivity contribution in [2.75, 3.05) is 0 Å². The molecule has 1 atom stereocenters. The monoisotopic (exact) mass is 139 g/mol. The summed E-state index contributed by atoms with van der Waals surface area (Å²) in [4.78, 5) is 0. The van der Waals surface area contributed by atoms with Crippen LogP contribution >= 0.6 is 0 Å². The zero-order chi connectivity index (χ0) is 6.57. The van der Waals surface area contributed by atoms with Gasteiger partial charge in [-0.1, -0.05) is 6.58 Å². The Morgan fingerprint density at radius 2 is 2.25 bits per heavy atom. The zero-order valence-corrected chi connectivity index (χ0v) is 4.90. The summed E-state index contributed by atoms with van der Waals surface area (Å²) in [7, 11) is -2.84. The Kier molecular flexibility index (Phi) is 3.38. The molecular formula is C3H6FNO2S. The van der Waals surface area contributed by atoms with E-state index in [1.807, 2.05) is 0 Å². The van der Waals surface area contributed by atoms with Gasteiger partial charge < -0.3 is 0 Å². The topological polar surface area (TPSA) is 46.2 Å². The van der Waals surface area contributed by atoms with Crippen molar-refractivity contribution in [3.63, 3.8) is 0 Å². The van der Waals surface area contributed by atoms with Gasteiger partial charge >= 0.3 is 0 Å². The second kappa shape index (κ2) is 3.57. The first-order valence-corrected chi connectivity index (χ1v) is 3.01. The molecule has 0 amide bonds. The van der Waals surface area contributed by atoms with Crippen molar-refractivity contribution in [1.29, 1.82) is 0 Å². The largest absolute Gasteiger partial charge is 0.225 e. The molecule has 0 bridgehead atoms. The molecule has 0 saturated carbocycles. The molecule has 1 unspecified atom stereocenters. The summed E-state index contributed by atoms with van der Waals surface area (Å²) in [6, 6.07) is 0. The van der Waals surface area contributed by atoms with Gasteiger partial charge in [-0.15, -0.1) is 0 Å². The molecule has 1 N–H and O–H groups in total. The molecule has 0 aliphatic rings. The van der Waals surface area contributed by atoms with Crippen LogP contribution in [-0.2, 0) is 10.9 Å². The van der Waals surface area contributed by atoms with E-state index in [0.717, 1.165) is 6.08 Å². The fourth-order valence-electron chi connectivity index (χ4n) is 0.153. The van der Waals surface area contributed by atoms with Gasteiger partial charge in [0.1, 0.15) is 0 Å². The Labute approximate surface area is 48.3 Å². The van der Waals surface area contributed by atoms with Crippen LogP contribution in [-0.4, -0.2) is 14.7 Å². The second-order valence-corrected chi connectivity index (χ2v) is 1.80. The molecule has 0 aromatic rings. The second-order valence-electron chi connectivity index (χ2n) is 1.02. The average Bonchev–Trinajstić information content (AvgIpc) is 1.65. The zero-order valence-electron chi connectivity index (χ0n) is 4.00. The van der Waals surface area contributed by atoms with Gasteiger partial charge in [0.15, 0.2) is 6.30 Å². The van der Waals surface area contributed by atoms with E-state index in [4.69, 9.17) is 0 Å². The van der Waals surface area contributed by atoms with Crippen molar-refractivity contribution in [2.45, 2.75) is 6.30 Å². The van der Waals surface area contributed by atoms with Gasteiger partial charge in [-0.05, 0) is 6.08 Å². The number of rotatable bonds is 3. The van der Waals surface area contributed by atoms with E-state index in [2.05, 4.69) is 6.58 Å². The maximum atomic E-state index is 11.8. The molecule has 0 heterocycles. The summed E-state index contributed by atoms with van der Waals surface area (Å²) < 4.78 is 32.5.